The molecular formula is C11H18N2O5S2. The molecule has 1 heterocycles. The van der Waals surface area contributed by atoms with Crippen LogP contribution in [0.5, 0.6) is 0 Å². The van der Waals surface area contributed by atoms with Gasteiger partial charge in [0.15, 0.2) is 9.90 Å². The van der Waals surface area contributed by atoms with Gasteiger partial charge in [-0.1, -0.05) is 13.8 Å². The summed E-state index contributed by atoms with van der Waals surface area (Å²) in [5.41, 5.74) is 0.736. The highest BCUT2D eigenvalue weighted by atomic mass is 32.2. The number of hydrogen-bond acceptors (Lipinski definition) is 6. The van der Waals surface area contributed by atoms with Crippen LogP contribution in [0.25, 0.3) is 0 Å². The van der Waals surface area contributed by atoms with Gasteiger partial charge in [-0.05, 0) is 12.3 Å². The van der Waals surface area contributed by atoms with Crippen LogP contribution < -0.4 is 4.72 Å². The van der Waals surface area contributed by atoms with E-state index >= 15 is 0 Å². The number of nitrogens with one attached hydrogen (secondary N) is 1. The van der Waals surface area contributed by atoms with Gasteiger partial charge in [-0.25, -0.2) is 22.9 Å². The first-order valence-electron chi connectivity index (χ1n) is 6.08. The molecular weight excluding hydrogens is 304 g/mol. The van der Waals surface area contributed by atoms with Crippen molar-refractivity contribution < 1.29 is 23.1 Å². The van der Waals surface area contributed by atoms with Gasteiger partial charge in [-0.15, -0.1) is 11.3 Å². The monoisotopic (exact) mass is 322 g/mol. The highest BCUT2D eigenvalue weighted by molar-refractivity contribution is 7.91. The molecule has 0 aliphatic carbocycles. The number of aromatic nitrogens is 1. The predicted octanol–water partition coefficient (Wildman–Crippen LogP) is 1.18. The van der Waals surface area contributed by atoms with Gasteiger partial charge in [0, 0.05) is 13.2 Å². The molecule has 1 rings (SSSR count). The smallest absolute Gasteiger partial charge is 0.356 e. The third-order valence-corrected chi connectivity index (χ3v) is 5.19. The Morgan fingerprint density at radius 1 is 1.50 bits per heavy atom. The molecule has 7 nitrogen and oxygen atoms in total. The maximum absolute atomic E-state index is 11.9. The quantitative estimate of drug-likeness (QED) is 0.661. The van der Waals surface area contributed by atoms with E-state index in [2.05, 4.69) is 23.6 Å². The number of nitrogens with zero attached hydrogens (tertiary/aromatic N) is 1. The van der Waals surface area contributed by atoms with Gasteiger partial charge in [-0.3, -0.25) is 0 Å². The van der Waals surface area contributed by atoms with Crippen molar-refractivity contribution in [2.24, 2.45) is 5.92 Å². The van der Waals surface area contributed by atoms with Crippen LogP contribution in [0.2, 0.25) is 0 Å². The first-order chi connectivity index (χ1) is 9.34. The number of ether oxygens (including phenoxy) is 1. The van der Waals surface area contributed by atoms with Crippen molar-refractivity contribution in [1.82, 2.24) is 9.71 Å². The number of carbonyl (C=O) groups is 1. The number of sulfonamides is 1. The molecule has 114 valence electrons. The lowest BCUT2D eigenvalue weighted by Gasteiger charge is -2.07. The summed E-state index contributed by atoms with van der Waals surface area (Å²) in [5.74, 6) is -0.832. The minimum atomic E-state index is -3.85. The lowest BCUT2D eigenvalue weighted by atomic mass is 10.1. The third kappa shape index (κ3) is 5.16. The summed E-state index contributed by atoms with van der Waals surface area (Å²) in [6.07, 6.45) is 0.907. The van der Waals surface area contributed by atoms with Crippen LogP contribution in [0.4, 0.5) is 0 Å². The molecule has 20 heavy (non-hydrogen) atoms. The Hall–Kier alpha value is -1.03. The van der Waals surface area contributed by atoms with E-state index in [-0.39, 0.29) is 17.4 Å². The van der Waals surface area contributed by atoms with Gasteiger partial charge in [0.1, 0.15) is 0 Å². The van der Waals surface area contributed by atoms with Crippen LogP contribution in [0.3, 0.4) is 0 Å². The molecule has 0 aliphatic heterocycles. The second kappa shape index (κ2) is 7.67. The molecule has 0 saturated carbocycles. The molecule has 0 spiro atoms. The fraction of sp³-hybridized carbons (Fsp3) is 0.636. The number of thiazole rings is 1. The molecule has 0 atom stereocenters. The normalized spacial score (nSPS) is 11.9. The Kier molecular flexibility index (Phi) is 6.53. The Labute approximate surface area is 122 Å². The van der Waals surface area contributed by atoms with Crippen molar-refractivity contribution in [2.45, 2.75) is 24.5 Å². The van der Waals surface area contributed by atoms with E-state index in [1.807, 2.05) is 0 Å². The summed E-state index contributed by atoms with van der Waals surface area (Å²) >= 11 is 0.774. The molecule has 9 heteroatoms. The van der Waals surface area contributed by atoms with Crippen molar-refractivity contribution in [3.63, 3.8) is 0 Å². The van der Waals surface area contributed by atoms with Crippen molar-refractivity contribution in [3.05, 3.63) is 11.2 Å². The number of carboxylic acids is 1. The summed E-state index contributed by atoms with van der Waals surface area (Å²) in [6, 6.07) is 0. The fourth-order valence-corrected chi connectivity index (χ4v) is 3.50. The van der Waals surface area contributed by atoms with E-state index in [0.29, 0.717) is 12.5 Å². The van der Waals surface area contributed by atoms with Crippen LogP contribution in [0, 0.1) is 5.92 Å². The zero-order chi connectivity index (χ0) is 15.2. The van der Waals surface area contributed by atoms with Gasteiger partial charge in [0.25, 0.3) is 10.0 Å². The highest BCUT2D eigenvalue weighted by Gasteiger charge is 2.25. The van der Waals surface area contributed by atoms with E-state index in [4.69, 9.17) is 9.84 Å². The molecule has 0 radical (unpaired) electrons. The van der Waals surface area contributed by atoms with Crippen LogP contribution in [0.1, 0.15) is 30.8 Å². The molecule has 0 unspecified atom stereocenters. The van der Waals surface area contributed by atoms with E-state index in [1.54, 1.807) is 0 Å². The second-order valence-electron chi connectivity index (χ2n) is 4.49. The highest BCUT2D eigenvalue weighted by Crippen LogP contribution is 2.19. The van der Waals surface area contributed by atoms with Crippen LogP contribution in [-0.4, -0.2) is 44.2 Å². The van der Waals surface area contributed by atoms with E-state index in [9.17, 15) is 13.2 Å². The van der Waals surface area contributed by atoms with Crippen LogP contribution >= 0.6 is 11.3 Å². The molecule has 1 aromatic rings. The molecule has 2 N–H and O–H groups in total. The molecule has 0 bridgehead atoms. The molecule has 0 saturated heterocycles. The van der Waals surface area contributed by atoms with E-state index in [0.717, 1.165) is 17.8 Å². The predicted molar refractivity (Wildman–Crippen MR) is 74.5 cm³/mol. The minimum absolute atomic E-state index is 0.0946. The summed E-state index contributed by atoms with van der Waals surface area (Å²) < 4.78 is 31.1. The van der Waals surface area contributed by atoms with Crippen molar-refractivity contribution in [1.29, 1.82) is 0 Å². The number of aromatic carboxylic acids is 1. The lowest BCUT2D eigenvalue weighted by molar-refractivity contribution is 0.0687. The largest absolute Gasteiger partial charge is 0.476 e. The summed E-state index contributed by atoms with van der Waals surface area (Å²) in [4.78, 5) is 14.4. The Morgan fingerprint density at radius 3 is 2.80 bits per heavy atom. The first-order valence-corrected chi connectivity index (χ1v) is 8.45. The second-order valence-corrected chi connectivity index (χ2v) is 7.30. The number of carboxylic acid groups (broad SMARTS) is 1. The van der Waals surface area contributed by atoms with Gasteiger partial charge >= 0.3 is 5.97 Å². The van der Waals surface area contributed by atoms with Gasteiger partial charge in [0.2, 0.25) is 0 Å². The van der Waals surface area contributed by atoms with Gasteiger partial charge in [-0.2, -0.15) is 0 Å². The maximum Gasteiger partial charge on any atom is 0.356 e. The molecule has 1 aromatic heterocycles. The summed E-state index contributed by atoms with van der Waals surface area (Å²) in [7, 11) is -3.85. The average Bonchev–Trinajstić information content (AvgIpc) is 2.83. The van der Waals surface area contributed by atoms with Gasteiger partial charge < -0.3 is 9.84 Å². The van der Waals surface area contributed by atoms with Crippen LogP contribution in [0.15, 0.2) is 9.72 Å². The molecule has 0 fully saturated rings. The number of hydrogen-bond donors (Lipinski definition) is 2. The zero-order valence-electron chi connectivity index (χ0n) is 11.3. The third-order valence-electron chi connectivity index (χ3n) is 2.36. The number of rotatable bonds is 9. The van der Waals surface area contributed by atoms with Crippen molar-refractivity contribution in [3.8, 4) is 0 Å². The summed E-state index contributed by atoms with van der Waals surface area (Å²) in [5, 5.41) is 8.84. The average molecular weight is 322 g/mol. The van der Waals surface area contributed by atoms with E-state index in [1.165, 1.54) is 5.51 Å². The van der Waals surface area contributed by atoms with Crippen LogP contribution in [-0.2, 0) is 14.8 Å². The summed E-state index contributed by atoms with van der Waals surface area (Å²) in [6.45, 7) is 5.05. The van der Waals surface area contributed by atoms with E-state index < -0.39 is 21.7 Å². The molecule has 0 aromatic carbocycles. The minimum Gasteiger partial charge on any atom is -0.476 e. The van der Waals surface area contributed by atoms with Crippen molar-refractivity contribution in [2.75, 3.05) is 19.8 Å². The van der Waals surface area contributed by atoms with Gasteiger partial charge in [0.05, 0.1) is 12.1 Å². The lowest BCUT2D eigenvalue weighted by Crippen LogP contribution is -2.28. The fourth-order valence-electron chi connectivity index (χ4n) is 1.30. The molecule has 0 amide bonds. The topological polar surface area (TPSA) is 106 Å². The standard InChI is InChI=1S/C11H18N2O5S2/c1-8(2)3-5-18-6-4-13-20(16,17)11-9(10(14)15)12-7-19-11/h7-8,13H,3-6H2,1-2H3,(H,14,15). The molecule has 0 aliphatic rings. The van der Waals surface area contributed by atoms with Crippen molar-refractivity contribution >= 4 is 27.3 Å². The first kappa shape index (κ1) is 17.0. The SMILES string of the molecule is CC(C)CCOCCNS(=O)(=O)c1scnc1C(=O)O. The Bertz CT molecular complexity index is 539. The zero-order valence-corrected chi connectivity index (χ0v) is 13.0. The Balaban J connectivity index is 2.46. The Morgan fingerprint density at radius 2 is 2.20 bits per heavy atom. The maximum atomic E-state index is 11.9.